The predicted molar refractivity (Wildman–Crippen MR) is 79.0 cm³/mol. The third-order valence-corrected chi connectivity index (χ3v) is 3.51. The third kappa shape index (κ3) is 3.16. The Morgan fingerprint density at radius 1 is 1.10 bits per heavy atom. The van der Waals surface area contributed by atoms with Crippen LogP contribution in [0.25, 0.3) is 0 Å². The summed E-state index contributed by atoms with van der Waals surface area (Å²) in [6.07, 6.45) is -0.0344. The van der Waals surface area contributed by atoms with Gasteiger partial charge in [0.1, 0.15) is 22.9 Å². The number of hydrogen-bond acceptors (Lipinski definition) is 3. The van der Waals surface area contributed by atoms with E-state index < -0.39 is 5.82 Å². The Morgan fingerprint density at radius 3 is 2.24 bits per heavy atom. The summed E-state index contributed by atoms with van der Waals surface area (Å²) in [4.78, 5) is 12.5. The van der Waals surface area contributed by atoms with Gasteiger partial charge in [-0.3, -0.25) is 4.79 Å². The molecule has 0 aromatic heterocycles. The van der Waals surface area contributed by atoms with Crippen LogP contribution in [0.5, 0.6) is 11.5 Å². The van der Waals surface area contributed by atoms with Gasteiger partial charge in [0, 0.05) is 6.42 Å². The van der Waals surface area contributed by atoms with Gasteiger partial charge in [0.2, 0.25) is 0 Å². The van der Waals surface area contributed by atoms with Crippen molar-refractivity contribution in [2.24, 2.45) is 0 Å². The number of halogens is 2. The molecule has 0 saturated carbocycles. The summed E-state index contributed by atoms with van der Waals surface area (Å²) in [6.45, 7) is 0. The predicted octanol–water partition coefficient (Wildman–Crippen LogP) is 3.92. The van der Waals surface area contributed by atoms with E-state index in [4.69, 9.17) is 21.1 Å². The zero-order valence-electron chi connectivity index (χ0n) is 11.7. The Kier molecular flexibility index (Phi) is 4.81. The maximum absolute atomic E-state index is 13.4. The minimum absolute atomic E-state index is 0.0344. The summed E-state index contributed by atoms with van der Waals surface area (Å²) < 4.78 is 23.8. The molecule has 2 aromatic rings. The van der Waals surface area contributed by atoms with Crippen molar-refractivity contribution < 1.29 is 18.7 Å². The van der Waals surface area contributed by atoms with E-state index in [-0.39, 0.29) is 17.2 Å². The molecule has 0 aliphatic rings. The van der Waals surface area contributed by atoms with Gasteiger partial charge in [-0.2, -0.15) is 0 Å². The van der Waals surface area contributed by atoms with Gasteiger partial charge >= 0.3 is 0 Å². The smallest absolute Gasteiger partial charge is 0.174 e. The van der Waals surface area contributed by atoms with Crippen LogP contribution < -0.4 is 9.47 Å². The van der Waals surface area contributed by atoms with Crippen molar-refractivity contribution in [1.29, 1.82) is 0 Å². The first-order chi connectivity index (χ1) is 10.1. The fourth-order valence-electron chi connectivity index (χ4n) is 2.07. The molecule has 0 atom stereocenters. The monoisotopic (exact) mass is 308 g/mol. The van der Waals surface area contributed by atoms with Crippen LogP contribution in [0.15, 0.2) is 36.4 Å². The van der Waals surface area contributed by atoms with Gasteiger partial charge in [-0.15, -0.1) is 0 Å². The van der Waals surface area contributed by atoms with Crippen LogP contribution in [-0.4, -0.2) is 20.0 Å². The molecule has 0 amide bonds. The van der Waals surface area contributed by atoms with Gasteiger partial charge in [-0.25, -0.2) is 4.39 Å². The Bertz CT molecular complexity index is 648. The lowest BCUT2D eigenvalue weighted by Gasteiger charge is -2.12. The van der Waals surface area contributed by atoms with Gasteiger partial charge < -0.3 is 9.47 Å². The van der Waals surface area contributed by atoms with E-state index in [0.29, 0.717) is 22.6 Å². The molecule has 0 unspecified atom stereocenters. The number of ether oxygens (including phenoxy) is 2. The van der Waals surface area contributed by atoms with Crippen LogP contribution in [0.2, 0.25) is 5.02 Å². The number of benzene rings is 2. The Morgan fingerprint density at radius 2 is 1.67 bits per heavy atom. The third-order valence-electron chi connectivity index (χ3n) is 3.09. The first-order valence-electron chi connectivity index (χ1n) is 6.25. The second kappa shape index (κ2) is 6.59. The van der Waals surface area contributed by atoms with Gasteiger partial charge in [-0.1, -0.05) is 29.8 Å². The average Bonchev–Trinajstić information content (AvgIpc) is 2.50. The van der Waals surface area contributed by atoms with Gasteiger partial charge in [0.15, 0.2) is 5.78 Å². The van der Waals surface area contributed by atoms with Crippen LogP contribution in [0, 0.1) is 5.82 Å². The molecule has 3 nitrogen and oxygen atoms in total. The van der Waals surface area contributed by atoms with Crippen LogP contribution in [-0.2, 0) is 6.42 Å². The lowest BCUT2D eigenvalue weighted by molar-refractivity contribution is 0.0987. The van der Waals surface area contributed by atoms with Gasteiger partial charge in [0.25, 0.3) is 0 Å². The topological polar surface area (TPSA) is 35.5 Å². The number of rotatable bonds is 5. The van der Waals surface area contributed by atoms with E-state index in [9.17, 15) is 9.18 Å². The van der Waals surface area contributed by atoms with E-state index in [2.05, 4.69) is 0 Å². The highest BCUT2D eigenvalue weighted by atomic mass is 35.5. The molecule has 110 valence electrons. The summed E-state index contributed by atoms with van der Waals surface area (Å²) in [6, 6.07) is 9.45. The Labute approximate surface area is 127 Å². The number of carbonyl (C=O) groups is 1. The molecule has 5 heteroatoms. The minimum atomic E-state index is -0.547. The largest absolute Gasteiger partial charge is 0.496 e. The lowest BCUT2D eigenvalue weighted by Crippen LogP contribution is -2.08. The van der Waals surface area contributed by atoms with Crippen LogP contribution in [0.1, 0.15) is 15.9 Å². The van der Waals surface area contributed by atoms with Gasteiger partial charge in [-0.05, 0) is 23.8 Å². The zero-order valence-corrected chi connectivity index (χ0v) is 12.4. The molecule has 2 aromatic carbocycles. The highest BCUT2D eigenvalue weighted by Gasteiger charge is 2.20. The van der Waals surface area contributed by atoms with E-state index in [1.807, 2.05) is 0 Å². The standard InChI is InChI=1S/C16H14ClFO3/c1-20-13-7-4-8-14(21-2)15(13)12(19)9-10-5-3-6-11(18)16(10)17/h3-8H,9H2,1-2H3. The maximum atomic E-state index is 13.4. The SMILES string of the molecule is COc1cccc(OC)c1C(=O)Cc1cccc(F)c1Cl. The number of carbonyl (C=O) groups excluding carboxylic acids is 1. The quantitative estimate of drug-likeness (QED) is 0.785. The molecule has 0 spiro atoms. The lowest BCUT2D eigenvalue weighted by atomic mass is 10.0. The van der Waals surface area contributed by atoms with Crippen LogP contribution in [0.4, 0.5) is 4.39 Å². The second-order valence-corrected chi connectivity index (χ2v) is 4.73. The fraction of sp³-hybridized carbons (Fsp3) is 0.188. The molecule has 0 radical (unpaired) electrons. The van der Waals surface area contributed by atoms with Crippen LogP contribution >= 0.6 is 11.6 Å². The molecule has 0 heterocycles. The van der Waals surface area contributed by atoms with Crippen molar-refractivity contribution in [3.8, 4) is 11.5 Å². The van der Waals surface area contributed by atoms with Crippen molar-refractivity contribution in [2.75, 3.05) is 14.2 Å². The van der Waals surface area contributed by atoms with Gasteiger partial charge in [0.05, 0.1) is 19.2 Å². The first kappa shape index (κ1) is 15.3. The minimum Gasteiger partial charge on any atom is -0.496 e. The number of methoxy groups -OCH3 is 2. The summed E-state index contributed by atoms with van der Waals surface area (Å²) in [5.74, 6) is 0.0181. The van der Waals surface area contributed by atoms with Crippen molar-refractivity contribution in [3.63, 3.8) is 0 Å². The average molecular weight is 309 g/mol. The number of ketones is 1. The molecule has 0 aliphatic carbocycles. The van der Waals surface area contributed by atoms with E-state index in [1.165, 1.54) is 26.4 Å². The molecule has 0 aliphatic heterocycles. The van der Waals surface area contributed by atoms with Crippen molar-refractivity contribution in [3.05, 3.63) is 58.4 Å². The normalized spacial score (nSPS) is 10.3. The van der Waals surface area contributed by atoms with Crippen molar-refractivity contribution >= 4 is 17.4 Å². The molecule has 0 saturated heterocycles. The summed E-state index contributed by atoms with van der Waals surface area (Å²) in [5, 5.41) is -0.0419. The molecular formula is C16H14ClFO3. The van der Waals surface area contributed by atoms with E-state index in [1.54, 1.807) is 24.3 Å². The van der Waals surface area contributed by atoms with E-state index in [0.717, 1.165) is 0 Å². The molecular weight excluding hydrogens is 295 g/mol. The maximum Gasteiger partial charge on any atom is 0.174 e. The van der Waals surface area contributed by atoms with Crippen molar-refractivity contribution in [1.82, 2.24) is 0 Å². The Hall–Kier alpha value is -2.07. The Balaban J connectivity index is 2.39. The summed E-state index contributed by atoms with van der Waals surface area (Å²) in [7, 11) is 2.95. The van der Waals surface area contributed by atoms with Crippen molar-refractivity contribution in [2.45, 2.75) is 6.42 Å². The first-order valence-corrected chi connectivity index (χ1v) is 6.63. The molecule has 0 bridgehead atoms. The summed E-state index contributed by atoms with van der Waals surface area (Å²) in [5.41, 5.74) is 0.748. The molecule has 0 N–H and O–H groups in total. The van der Waals surface area contributed by atoms with Crippen LogP contribution in [0.3, 0.4) is 0 Å². The zero-order chi connectivity index (χ0) is 15.4. The highest BCUT2D eigenvalue weighted by molar-refractivity contribution is 6.31. The highest BCUT2D eigenvalue weighted by Crippen LogP contribution is 2.30. The van der Waals surface area contributed by atoms with E-state index >= 15 is 0 Å². The molecule has 0 fully saturated rings. The second-order valence-electron chi connectivity index (χ2n) is 4.35. The molecule has 2 rings (SSSR count). The molecule has 21 heavy (non-hydrogen) atoms. The fourth-order valence-corrected chi connectivity index (χ4v) is 2.27. The number of Topliss-reactive ketones (excluding diaryl/α,β-unsaturated/α-hetero) is 1. The number of hydrogen-bond donors (Lipinski definition) is 0. The summed E-state index contributed by atoms with van der Waals surface area (Å²) >= 11 is 5.88.